The molecule has 0 unspecified atom stereocenters. The normalized spacial score (nSPS) is 11.2. The maximum absolute atomic E-state index is 12.2. The number of hydrogen-bond acceptors (Lipinski definition) is 2. The number of carbonyl (C=O) groups excluding carboxylic acids is 1. The molecule has 0 atom stereocenters. The molecule has 1 amide bonds. The number of aryl methyl sites for hydroxylation is 1. The molecule has 0 fully saturated rings. The van der Waals surface area contributed by atoms with Gasteiger partial charge < -0.3 is 15.0 Å². The summed E-state index contributed by atoms with van der Waals surface area (Å²) in [6, 6.07) is 30.2. The second kappa shape index (κ2) is 8.83. The van der Waals surface area contributed by atoms with E-state index in [0.717, 1.165) is 51.7 Å². The zero-order chi connectivity index (χ0) is 22.8. The van der Waals surface area contributed by atoms with Crippen LogP contribution in [0.15, 0.2) is 91.0 Å². The lowest BCUT2D eigenvalue weighted by Gasteiger charge is -2.14. The smallest absolute Gasteiger partial charge is 0.249 e. The van der Waals surface area contributed by atoms with Crippen molar-refractivity contribution in [1.29, 1.82) is 0 Å². The first-order valence-corrected chi connectivity index (χ1v) is 11.3. The molecule has 1 aromatic heterocycles. The second-order valence-electron chi connectivity index (χ2n) is 8.27. The molecule has 4 nitrogen and oxygen atoms in total. The molecule has 4 aromatic carbocycles. The van der Waals surface area contributed by atoms with Crippen molar-refractivity contribution in [2.75, 3.05) is 0 Å². The summed E-state index contributed by atoms with van der Waals surface area (Å²) in [6.45, 7) is 2.79. The summed E-state index contributed by atoms with van der Waals surface area (Å²) in [5.74, 6) is 1.20. The predicted molar refractivity (Wildman–Crippen MR) is 134 cm³/mol. The van der Waals surface area contributed by atoms with Gasteiger partial charge in [0.1, 0.15) is 11.5 Å². The number of fused-ring (bicyclic) bond motifs is 3. The number of amides is 1. The Balaban J connectivity index is 1.69. The van der Waals surface area contributed by atoms with Gasteiger partial charge in [-0.2, -0.15) is 0 Å². The first-order chi connectivity index (χ1) is 16.2. The van der Waals surface area contributed by atoms with Crippen molar-refractivity contribution in [1.82, 2.24) is 4.57 Å². The molecule has 4 heteroatoms. The van der Waals surface area contributed by atoms with Gasteiger partial charge in [0.25, 0.3) is 0 Å². The van der Waals surface area contributed by atoms with E-state index >= 15 is 0 Å². The Bertz CT molecular complexity index is 1450. The Morgan fingerprint density at radius 1 is 0.879 bits per heavy atom. The van der Waals surface area contributed by atoms with Crippen LogP contribution in [0.5, 0.6) is 11.5 Å². The number of para-hydroxylation sites is 2. The number of ether oxygens (including phenoxy) is 1. The van der Waals surface area contributed by atoms with Crippen LogP contribution < -0.4 is 10.5 Å². The number of rotatable bonds is 7. The summed E-state index contributed by atoms with van der Waals surface area (Å²) in [5, 5.41) is 1.95. The predicted octanol–water partition coefficient (Wildman–Crippen LogP) is 6.69. The Morgan fingerprint density at radius 2 is 1.67 bits per heavy atom. The number of nitrogens with zero attached hydrogens (tertiary/aromatic N) is 1. The molecule has 0 radical (unpaired) electrons. The Hall–Kier alpha value is -4.05. The summed E-state index contributed by atoms with van der Waals surface area (Å²) in [5.41, 5.74) is 10.7. The van der Waals surface area contributed by atoms with Crippen LogP contribution in [0.4, 0.5) is 0 Å². The van der Waals surface area contributed by atoms with Crippen molar-refractivity contribution < 1.29 is 9.53 Å². The van der Waals surface area contributed by atoms with Gasteiger partial charge in [-0.15, -0.1) is 0 Å². The number of aromatic nitrogens is 1. The Labute approximate surface area is 193 Å². The highest BCUT2D eigenvalue weighted by molar-refractivity contribution is 6.18. The number of carbonyl (C=O) groups is 1. The van der Waals surface area contributed by atoms with Gasteiger partial charge >= 0.3 is 0 Å². The summed E-state index contributed by atoms with van der Waals surface area (Å²) in [6.07, 6.45) is 2.08. The van der Waals surface area contributed by atoms with Crippen LogP contribution in [0.2, 0.25) is 0 Å². The third-order valence-corrected chi connectivity index (χ3v) is 6.03. The van der Waals surface area contributed by atoms with Crippen molar-refractivity contribution in [2.24, 2.45) is 5.73 Å². The SMILES string of the molecule is CCCc1ccc2c3c(C(N)=O)cccc3n(Cc3ccccc3Oc3ccccc3)c2c1. The van der Waals surface area contributed by atoms with Crippen LogP contribution in [0, 0.1) is 0 Å². The summed E-state index contributed by atoms with van der Waals surface area (Å²) in [4.78, 5) is 12.2. The minimum atomic E-state index is -0.412. The Kier molecular flexibility index (Phi) is 5.57. The summed E-state index contributed by atoms with van der Waals surface area (Å²) >= 11 is 0. The van der Waals surface area contributed by atoms with Crippen molar-refractivity contribution >= 4 is 27.7 Å². The van der Waals surface area contributed by atoms with Crippen molar-refractivity contribution in [3.8, 4) is 11.5 Å². The molecule has 0 aliphatic heterocycles. The van der Waals surface area contributed by atoms with E-state index in [0.29, 0.717) is 12.1 Å². The zero-order valence-electron chi connectivity index (χ0n) is 18.6. The lowest BCUT2D eigenvalue weighted by molar-refractivity contribution is 0.100. The monoisotopic (exact) mass is 434 g/mol. The lowest BCUT2D eigenvalue weighted by Crippen LogP contribution is -2.11. The molecule has 0 spiro atoms. The van der Waals surface area contributed by atoms with Gasteiger partial charge in [-0.25, -0.2) is 0 Å². The highest BCUT2D eigenvalue weighted by atomic mass is 16.5. The number of primary amides is 1. The van der Waals surface area contributed by atoms with E-state index in [9.17, 15) is 4.79 Å². The topological polar surface area (TPSA) is 57.2 Å². The average molecular weight is 435 g/mol. The van der Waals surface area contributed by atoms with Gasteiger partial charge in [-0.05, 0) is 48.4 Å². The largest absolute Gasteiger partial charge is 0.457 e. The molecular weight excluding hydrogens is 408 g/mol. The molecular formula is C29H26N2O2. The minimum absolute atomic E-state index is 0.412. The third kappa shape index (κ3) is 3.96. The van der Waals surface area contributed by atoms with Crippen LogP contribution >= 0.6 is 0 Å². The fourth-order valence-corrected chi connectivity index (χ4v) is 4.53. The molecule has 0 saturated carbocycles. The number of hydrogen-bond donors (Lipinski definition) is 1. The quantitative estimate of drug-likeness (QED) is 0.310. The average Bonchev–Trinajstić information content (AvgIpc) is 3.14. The van der Waals surface area contributed by atoms with Crippen molar-refractivity contribution in [3.63, 3.8) is 0 Å². The third-order valence-electron chi connectivity index (χ3n) is 6.03. The van der Waals surface area contributed by atoms with Crippen molar-refractivity contribution in [2.45, 2.75) is 26.3 Å². The summed E-state index contributed by atoms with van der Waals surface area (Å²) in [7, 11) is 0. The van der Waals surface area contributed by atoms with Crippen LogP contribution in [0.3, 0.4) is 0 Å². The fraction of sp³-hybridized carbons (Fsp3) is 0.138. The maximum Gasteiger partial charge on any atom is 0.249 e. The van der Waals surface area contributed by atoms with Gasteiger partial charge in [-0.1, -0.05) is 67.9 Å². The molecule has 164 valence electrons. The molecule has 1 heterocycles. The zero-order valence-corrected chi connectivity index (χ0v) is 18.6. The molecule has 33 heavy (non-hydrogen) atoms. The van der Waals surface area contributed by atoms with Gasteiger partial charge in [-0.3, -0.25) is 4.79 Å². The first kappa shape index (κ1) is 20.8. The fourth-order valence-electron chi connectivity index (χ4n) is 4.53. The molecule has 0 bridgehead atoms. The first-order valence-electron chi connectivity index (χ1n) is 11.3. The van der Waals surface area contributed by atoms with Crippen LogP contribution in [0.25, 0.3) is 21.8 Å². The molecule has 0 aliphatic rings. The molecule has 0 saturated heterocycles. The molecule has 2 N–H and O–H groups in total. The number of nitrogens with two attached hydrogens (primary N) is 1. The highest BCUT2D eigenvalue weighted by Crippen LogP contribution is 2.35. The highest BCUT2D eigenvalue weighted by Gasteiger charge is 2.18. The van der Waals surface area contributed by atoms with Gasteiger partial charge in [0.05, 0.1) is 12.1 Å². The second-order valence-corrected chi connectivity index (χ2v) is 8.27. The van der Waals surface area contributed by atoms with Crippen molar-refractivity contribution in [3.05, 3.63) is 108 Å². The Morgan fingerprint density at radius 3 is 2.45 bits per heavy atom. The van der Waals surface area contributed by atoms with E-state index in [2.05, 4.69) is 41.8 Å². The van der Waals surface area contributed by atoms with Crippen LogP contribution in [-0.2, 0) is 13.0 Å². The van der Waals surface area contributed by atoms with Gasteiger partial charge in [0.2, 0.25) is 5.91 Å². The van der Waals surface area contributed by atoms with E-state index in [4.69, 9.17) is 10.5 Å². The van der Waals surface area contributed by atoms with E-state index < -0.39 is 5.91 Å². The maximum atomic E-state index is 12.2. The summed E-state index contributed by atoms with van der Waals surface area (Å²) < 4.78 is 8.49. The molecule has 5 aromatic rings. The standard InChI is InChI=1S/C29H26N2O2/c1-2-9-20-16-17-23-26(18-20)31(25-14-8-13-24(28(23)25)29(30)32)19-21-10-6-7-15-27(21)33-22-11-4-3-5-12-22/h3-8,10-18H,2,9,19H2,1H3,(H2,30,32). The van der Waals surface area contributed by atoms with Gasteiger partial charge in [0, 0.05) is 27.4 Å². The van der Waals surface area contributed by atoms with E-state index in [1.165, 1.54) is 5.56 Å². The van der Waals surface area contributed by atoms with E-state index in [-0.39, 0.29) is 0 Å². The minimum Gasteiger partial charge on any atom is -0.457 e. The number of benzene rings is 4. The molecule has 0 aliphatic carbocycles. The molecule has 5 rings (SSSR count). The lowest BCUT2D eigenvalue weighted by atomic mass is 10.0. The van der Waals surface area contributed by atoms with Crippen LogP contribution in [0.1, 0.15) is 34.8 Å². The van der Waals surface area contributed by atoms with Crippen LogP contribution in [-0.4, -0.2) is 10.5 Å². The van der Waals surface area contributed by atoms with E-state index in [1.54, 1.807) is 6.07 Å². The van der Waals surface area contributed by atoms with E-state index in [1.807, 2.05) is 54.6 Å². The van der Waals surface area contributed by atoms with Gasteiger partial charge in [0.15, 0.2) is 0 Å².